The van der Waals surface area contributed by atoms with Crippen molar-refractivity contribution in [2.45, 2.75) is 22.4 Å². The second kappa shape index (κ2) is 14.0. The van der Waals surface area contributed by atoms with Gasteiger partial charge in [-0.3, -0.25) is 4.79 Å². The highest BCUT2D eigenvalue weighted by molar-refractivity contribution is 7.89. The number of hydrogen-bond donors (Lipinski definition) is 4. The van der Waals surface area contributed by atoms with Crippen LogP contribution in [0.4, 0.5) is 4.79 Å². The topological polar surface area (TPSA) is 183 Å². The number of carbonyl (C=O) groups excluding carboxylic acids is 2. The summed E-state index contributed by atoms with van der Waals surface area (Å²) in [5.41, 5.74) is 7.57. The number of benzene rings is 3. The van der Waals surface area contributed by atoms with Crippen LogP contribution in [0.2, 0.25) is 0 Å². The average Bonchev–Trinajstić information content (AvgIpc) is 2.97. The Morgan fingerprint density at radius 1 is 0.800 bits per heavy atom. The van der Waals surface area contributed by atoms with Crippen LogP contribution in [0.3, 0.4) is 0 Å². The first-order valence-corrected chi connectivity index (χ1v) is 15.0. The largest absolute Gasteiger partial charge is 0.468 e. The second-order valence-electron chi connectivity index (χ2n) is 8.37. The fourth-order valence-corrected chi connectivity index (χ4v) is 5.68. The Morgan fingerprint density at radius 2 is 1.35 bits per heavy atom. The van der Waals surface area contributed by atoms with Gasteiger partial charge in [0.25, 0.3) is 0 Å². The van der Waals surface area contributed by atoms with Gasteiger partial charge in [0.2, 0.25) is 20.0 Å². The first-order chi connectivity index (χ1) is 19.1. The summed E-state index contributed by atoms with van der Waals surface area (Å²) in [5, 5.41) is 2.48. The molecule has 3 rings (SSSR count). The van der Waals surface area contributed by atoms with Gasteiger partial charge in [0.1, 0.15) is 12.6 Å². The lowest BCUT2D eigenvalue weighted by Gasteiger charge is -2.15. The molecular weight excluding hydrogens is 560 g/mol. The predicted octanol–water partition coefficient (Wildman–Crippen LogP) is 1.34. The van der Waals surface area contributed by atoms with E-state index in [0.29, 0.717) is 11.1 Å². The van der Waals surface area contributed by atoms with Crippen molar-refractivity contribution in [2.24, 2.45) is 5.73 Å². The van der Waals surface area contributed by atoms with Crippen molar-refractivity contribution in [3.05, 3.63) is 84.4 Å². The van der Waals surface area contributed by atoms with Gasteiger partial charge in [-0.1, -0.05) is 54.6 Å². The zero-order chi connectivity index (χ0) is 29.2. The van der Waals surface area contributed by atoms with E-state index in [1.807, 2.05) is 30.3 Å². The monoisotopic (exact) mass is 590 g/mol. The summed E-state index contributed by atoms with van der Waals surface area (Å²) in [5.74, 6) is -0.801. The maximum Gasteiger partial charge on any atom is 0.407 e. The normalized spacial score (nSPS) is 12.3. The molecule has 0 aliphatic carbocycles. The number of carbonyl (C=O) groups is 2. The molecule has 0 saturated carbocycles. The molecule has 0 saturated heterocycles. The van der Waals surface area contributed by atoms with Crippen LogP contribution in [0, 0.1) is 0 Å². The summed E-state index contributed by atoms with van der Waals surface area (Å²) >= 11 is 0. The predicted molar refractivity (Wildman–Crippen MR) is 147 cm³/mol. The maximum absolute atomic E-state index is 12.6. The highest BCUT2D eigenvalue weighted by Crippen LogP contribution is 2.23. The number of rotatable bonds is 13. The number of ether oxygens (including phenoxy) is 2. The van der Waals surface area contributed by atoms with Crippen molar-refractivity contribution >= 4 is 32.1 Å². The molecule has 1 atom stereocenters. The van der Waals surface area contributed by atoms with Gasteiger partial charge in [0, 0.05) is 19.6 Å². The van der Waals surface area contributed by atoms with Crippen molar-refractivity contribution < 1.29 is 35.9 Å². The van der Waals surface area contributed by atoms with Crippen LogP contribution in [0.5, 0.6) is 0 Å². The molecule has 0 aromatic heterocycles. The molecule has 5 N–H and O–H groups in total. The zero-order valence-corrected chi connectivity index (χ0v) is 23.2. The van der Waals surface area contributed by atoms with E-state index in [-0.39, 0.29) is 36.0 Å². The van der Waals surface area contributed by atoms with Crippen LogP contribution in [-0.2, 0) is 40.9 Å². The molecule has 0 heterocycles. The fraction of sp³-hybridized carbons (Fsp3) is 0.231. The van der Waals surface area contributed by atoms with E-state index in [9.17, 15) is 26.4 Å². The number of sulfonamides is 2. The molecule has 0 unspecified atom stereocenters. The quantitative estimate of drug-likeness (QED) is 0.169. The molecule has 1 amide bonds. The van der Waals surface area contributed by atoms with Crippen molar-refractivity contribution in [2.75, 3.05) is 26.7 Å². The molecule has 214 valence electrons. The van der Waals surface area contributed by atoms with Gasteiger partial charge in [0.05, 0.1) is 16.9 Å². The Kier molecular flexibility index (Phi) is 10.8. The van der Waals surface area contributed by atoms with Gasteiger partial charge < -0.3 is 20.5 Å². The SMILES string of the molecule is COC(=O)[C@H](CN)NS(=O)(=O)c1ccc(-c2ccc(S(=O)(=O)NCCNC(=O)OCc3ccccc3)cc2)cc1. The Hall–Kier alpha value is -3.82. The minimum Gasteiger partial charge on any atom is -0.468 e. The highest BCUT2D eigenvalue weighted by atomic mass is 32.2. The maximum atomic E-state index is 12.6. The number of alkyl carbamates (subject to hydrolysis) is 1. The van der Waals surface area contributed by atoms with Gasteiger partial charge in [-0.15, -0.1) is 0 Å². The summed E-state index contributed by atoms with van der Waals surface area (Å²) in [6, 6.07) is 19.7. The van der Waals surface area contributed by atoms with E-state index in [0.717, 1.165) is 12.7 Å². The van der Waals surface area contributed by atoms with E-state index in [1.165, 1.54) is 24.3 Å². The Bertz CT molecular complexity index is 1500. The third kappa shape index (κ3) is 8.59. The molecule has 3 aromatic rings. The van der Waals surface area contributed by atoms with E-state index < -0.39 is 38.2 Å². The Morgan fingerprint density at radius 3 is 1.88 bits per heavy atom. The van der Waals surface area contributed by atoms with E-state index >= 15 is 0 Å². The smallest absolute Gasteiger partial charge is 0.407 e. The molecule has 0 fully saturated rings. The standard InChI is InChI=1S/C26H30N4O8S2/c1-37-25(31)24(17-27)30-40(35,36)23-13-9-21(10-14-23)20-7-11-22(12-8-20)39(33,34)29-16-15-28-26(32)38-18-19-5-3-2-4-6-19/h2-14,24,29-30H,15-18,27H2,1H3,(H,28,32)/t24-/m0/s1. The summed E-state index contributed by atoms with van der Waals surface area (Å²) < 4.78 is 64.6. The van der Waals surface area contributed by atoms with Crippen LogP contribution in [0.1, 0.15) is 5.56 Å². The minimum absolute atomic E-state index is 0.0157. The molecule has 12 nitrogen and oxygen atoms in total. The van der Waals surface area contributed by atoms with Gasteiger partial charge in [-0.25, -0.2) is 26.4 Å². The molecule has 40 heavy (non-hydrogen) atoms. The summed E-state index contributed by atoms with van der Waals surface area (Å²) in [7, 11) is -6.75. The van der Waals surface area contributed by atoms with E-state index in [2.05, 4.69) is 19.5 Å². The second-order valence-corrected chi connectivity index (χ2v) is 11.8. The van der Waals surface area contributed by atoms with Gasteiger partial charge in [-0.05, 0) is 41.0 Å². The van der Waals surface area contributed by atoms with Crippen LogP contribution < -0.4 is 20.5 Å². The first kappa shape index (κ1) is 30.7. The number of nitrogens with one attached hydrogen (secondary N) is 3. The highest BCUT2D eigenvalue weighted by Gasteiger charge is 2.25. The Balaban J connectivity index is 1.53. The Labute approximate surface area is 233 Å². The number of amides is 1. The molecule has 3 aromatic carbocycles. The number of hydrogen-bond acceptors (Lipinski definition) is 9. The third-order valence-corrected chi connectivity index (χ3v) is 8.55. The molecule has 0 radical (unpaired) electrons. The van der Waals surface area contributed by atoms with Crippen molar-refractivity contribution in [3.8, 4) is 11.1 Å². The van der Waals surface area contributed by atoms with Crippen LogP contribution in [0.15, 0.2) is 88.7 Å². The van der Waals surface area contributed by atoms with Gasteiger partial charge >= 0.3 is 12.1 Å². The first-order valence-electron chi connectivity index (χ1n) is 12.0. The number of nitrogens with two attached hydrogens (primary N) is 1. The molecule has 14 heteroatoms. The van der Waals surface area contributed by atoms with Crippen molar-refractivity contribution in [1.82, 2.24) is 14.8 Å². The average molecular weight is 591 g/mol. The molecular formula is C26H30N4O8S2. The third-order valence-electron chi connectivity index (χ3n) is 5.58. The summed E-state index contributed by atoms with van der Waals surface area (Å²) in [6.45, 7) is -0.188. The lowest BCUT2D eigenvalue weighted by Crippen LogP contribution is -2.46. The molecule has 0 aliphatic heterocycles. The zero-order valence-electron chi connectivity index (χ0n) is 21.6. The van der Waals surface area contributed by atoms with E-state index in [1.54, 1.807) is 24.3 Å². The van der Waals surface area contributed by atoms with Crippen LogP contribution in [0.25, 0.3) is 11.1 Å². The van der Waals surface area contributed by atoms with Crippen molar-refractivity contribution in [3.63, 3.8) is 0 Å². The van der Waals surface area contributed by atoms with Crippen LogP contribution in [-0.4, -0.2) is 61.7 Å². The molecule has 0 spiro atoms. The molecule has 0 bridgehead atoms. The van der Waals surface area contributed by atoms with Gasteiger partial charge in [-0.2, -0.15) is 4.72 Å². The lowest BCUT2D eigenvalue weighted by atomic mass is 10.1. The lowest BCUT2D eigenvalue weighted by molar-refractivity contribution is -0.142. The van der Waals surface area contributed by atoms with E-state index in [4.69, 9.17) is 10.5 Å². The summed E-state index contributed by atoms with van der Waals surface area (Å²) in [4.78, 5) is 23.4. The van der Waals surface area contributed by atoms with Gasteiger partial charge in [0.15, 0.2) is 0 Å². The fourth-order valence-electron chi connectivity index (χ4n) is 3.45. The van der Waals surface area contributed by atoms with Crippen LogP contribution >= 0.6 is 0 Å². The summed E-state index contributed by atoms with van der Waals surface area (Å²) in [6.07, 6.45) is -0.662. The minimum atomic E-state index is -4.04. The van der Waals surface area contributed by atoms with Crippen molar-refractivity contribution in [1.29, 1.82) is 0 Å². The number of esters is 1. The molecule has 0 aliphatic rings. The number of methoxy groups -OCH3 is 1.